The summed E-state index contributed by atoms with van der Waals surface area (Å²) >= 11 is 1.72. The zero-order chi connectivity index (χ0) is 13.2. The summed E-state index contributed by atoms with van der Waals surface area (Å²) < 4.78 is 1.47. The van der Waals surface area contributed by atoms with Gasteiger partial charge < -0.3 is 0 Å². The van der Waals surface area contributed by atoms with E-state index in [1.54, 1.807) is 23.6 Å². The van der Waals surface area contributed by atoms with Gasteiger partial charge in [0.25, 0.3) is 5.56 Å². The van der Waals surface area contributed by atoms with Crippen molar-refractivity contribution in [2.45, 2.75) is 45.1 Å². The SMILES string of the molecule is Cc1cnn(Cc2csc(C3CCCC3)n2)c(=O)c1. The number of rotatable bonds is 3. The number of thiazole rings is 1. The molecule has 0 N–H and O–H groups in total. The number of aromatic nitrogens is 3. The number of aryl methyl sites for hydroxylation is 1. The molecule has 0 unspecified atom stereocenters. The van der Waals surface area contributed by atoms with Crippen molar-refractivity contribution in [1.82, 2.24) is 14.8 Å². The lowest BCUT2D eigenvalue weighted by molar-refractivity contribution is 0.622. The van der Waals surface area contributed by atoms with Gasteiger partial charge in [0.2, 0.25) is 0 Å². The van der Waals surface area contributed by atoms with E-state index in [1.165, 1.54) is 35.4 Å². The van der Waals surface area contributed by atoms with E-state index < -0.39 is 0 Å². The maximum Gasteiger partial charge on any atom is 0.267 e. The van der Waals surface area contributed by atoms with Crippen molar-refractivity contribution in [3.63, 3.8) is 0 Å². The Morgan fingerprint density at radius 3 is 2.95 bits per heavy atom. The Bertz CT molecular complexity index is 626. The second kappa shape index (κ2) is 5.25. The van der Waals surface area contributed by atoms with Crippen molar-refractivity contribution in [1.29, 1.82) is 0 Å². The first-order valence-electron chi connectivity index (χ1n) is 6.70. The highest BCUT2D eigenvalue weighted by atomic mass is 32.1. The van der Waals surface area contributed by atoms with Gasteiger partial charge in [-0.2, -0.15) is 5.10 Å². The zero-order valence-electron chi connectivity index (χ0n) is 11.0. The number of hydrogen-bond acceptors (Lipinski definition) is 4. The molecule has 0 atom stereocenters. The molecule has 0 radical (unpaired) electrons. The third-order valence-corrected chi connectivity index (χ3v) is 4.65. The summed E-state index contributed by atoms with van der Waals surface area (Å²) in [5.74, 6) is 0.640. The van der Waals surface area contributed by atoms with Crippen molar-refractivity contribution >= 4 is 11.3 Å². The number of nitrogens with zero attached hydrogens (tertiary/aromatic N) is 3. The first kappa shape index (κ1) is 12.5. The number of hydrogen-bond donors (Lipinski definition) is 0. The first-order valence-corrected chi connectivity index (χ1v) is 7.58. The molecular weight excluding hydrogens is 258 g/mol. The summed E-state index contributed by atoms with van der Waals surface area (Å²) in [7, 11) is 0. The third kappa shape index (κ3) is 2.76. The standard InChI is InChI=1S/C14H17N3OS/c1-10-6-13(18)17(15-7-10)8-12-9-19-14(16-12)11-4-2-3-5-11/h6-7,9,11H,2-5,8H2,1H3. The molecule has 0 spiro atoms. The van der Waals surface area contributed by atoms with Crippen LogP contribution in [0.5, 0.6) is 0 Å². The minimum absolute atomic E-state index is 0.0598. The van der Waals surface area contributed by atoms with Crippen molar-refractivity contribution in [3.05, 3.63) is 44.3 Å². The van der Waals surface area contributed by atoms with Gasteiger partial charge in [0.1, 0.15) is 0 Å². The summed E-state index contributed by atoms with van der Waals surface area (Å²) in [5.41, 5.74) is 1.78. The molecule has 1 aliphatic rings. The van der Waals surface area contributed by atoms with E-state index in [0.29, 0.717) is 12.5 Å². The molecule has 0 aliphatic heterocycles. The van der Waals surface area contributed by atoms with Gasteiger partial charge in [-0.1, -0.05) is 12.8 Å². The van der Waals surface area contributed by atoms with Crippen LogP contribution in [-0.2, 0) is 6.54 Å². The molecule has 19 heavy (non-hydrogen) atoms. The quantitative estimate of drug-likeness (QED) is 0.865. The lowest BCUT2D eigenvalue weighted by Crippen LogP contribution is -2.22. The minimum Gasteiger partial charge on any atom is -0.268 e. The fourth-order valence-electron chi connectivity index (χ4n) is 2.55. The van der Waals surface area contributed by atoms with Crippen LogP contribution in [0.15, 0.2) is 22.4 Å². The van der Waals surface area contributed by atoms with Crippen LogP contribution >= 0.6 is 11.3 Å². The Balaban J connectivity index is 1.78. The van der Waals surface area contributed by atoms with Crippen molar-refractivity contribution in [2.75, 3.05) is 0 Å². The van der Waals surface area contributed by atoms with Gasteiger partial charge in [-0.15, -0.1) is 11.3 Å². The summed E-state index contributed by atoms with van der Waals surface area (Å²) in [6.07, 6.45) is 6.87. The summed E-state index contributed by atoms with van der Waals surface area (Å²) in [4.78, 5) is 16.5. The Morgan fingerprint density at radius 1 is 1.42 bits per heavy atom. The van der Waals surface area contributed by atoms with Gasteiger partial charge in [0.15, 0.2) is 0 Å². The topological polar surface area (TPSA) is 47.8 Å². The van der Waals surface area contributed by atoms with Crippen LogP contribution in [-0.4, -0.2) is 14.8 Å². The summed E-state index contributed by atoms with van der Waals surface area (Å²) in [5, 5.41) is 7.44. The smallest absolute Gasteiger partial charge is 0.267 e. The van der Waals surface area contributed by atoms with Crippen LogP contribution < -0.4 is 5.56 Å². The second-order valence-electron chi connectivity index (χ2n) is 5.19. The summed E-state index contributed by atoms with van der Waals surface area (Å²) in [6, 6.07) is 1.61. The second-order valence-corrected chi connectivity index (χ2v) is 6.08. The average molecular weight is 275 g/mol. The molecule has 1 aliphatic carbocycles. The molecular formula is C14H17N3OS. The van der Waals surface area contributed by atoms with Crippen LogP contribution in [0.4, 0.5) is 0 Å². The predicted octanol–water partition coefficient (Wildman–Crippen LogP) is 2.71. The van der Waals surface area contributed by atoms with Crippen LogP contribution in [0, 0.1) is 6.92 Å². The highest BCUT2D eigenvalue weighted by Gasteiger charge is 2.20. The van der Waals surface area contributed by atoms with Crippen molar-refractivity contribution in [2.24, 2.45) is 0 Å². The molecule has 3 rings (SSSR count). The predicted molar refractivity (Wildman–Crippen MR) is 75.7 cm³/mol. The molecule has 0 amide bonds. The molecule has 0 saturated heterocycles. The minimum atomic E-state index is -0.0598. The molecule has 1 fully saturated rings. The molecule has 4 nitrogen and oxygen atoms in total. The molecule has 2 aromatic heterocycles. The first-order chi connectivity index (χ1) is 9.22. The van der Waals surface area contributed by atoms with Crippen molar-refractivity contribution < 1.29 is 0 Å². The Hall–Kier alpha value is -1.49. The Morgan fingerprint density at radius 2 is 2.21 bits per heavy atom. The molecule has 1 saturated carbocycles. The van der Waals surface area contributed by atoms with E-state index in [2.05, 4.69) is 15.5 Å². The highest BCUT2D eigenvalue weighted by molar-refractivity contribution is 7.09. The van der Waals surface area contributed by atoms with Crippen LogP contribution in [0.3, 0.4) is 0 Å². The van der Waals surface area contributed by atoms with Gasteiger partial charge in [-0.3, -0.25) is 4.79 Å². The average Bonchev–Trinajstić information content (AvgIpc) is 3.03. The molecule has 2 aromatic rings. The molecule has 0 aromatic carbocycles. The van der Waals surface area contributed by atoms with E-state index in [1.807, 2.05) is 6.92 Å². The fraction of sp³-hybridized carbons (Fsp3) is 0.500. The van der Waals surface area contributed by atoms with E-state index in [4.69, 9.17) is 0 Å². The van der Waals surface area contributed by atoms with Gasteiger partial charge in [-0.25, -0.2) is 9.67 Å². The largest absolute Gasteiger partial charge is 0.268 e. The van der Waals surface area contributed by atoms with Crippen molar-refractivity contribution in [3.8, 4) is 0 Å². The molecule has 2 heterocycles. The van der Waals surface area contributed by atoms with Gasteiger partial charge in [-0.05, 0) is 25.3 Å². The van der Waals surface area contributed by atoms with Gasteiger partial charge in [0.05, 0.1) is 23.4 Å². The zero-order valence-corrected chi connectivity index (χ0v) is 11.8. The fourth-order valence-corrected chi connectivity index (χ4v) is 3.53. The maximum atomic E-state index is 11.8. The van der Waals surface area contributed by atoms with Gasteiger partial charge in [0, 0.05) is 17.4 Å². The molecule has 100 valence electrons. The van der Waals surface area contributed by atoms with Crippen LogP contribution in [0.25, 0.3) is 0 Å². The molecule has 0 bridgehead atoms. The normalized spacial score (nSPS) is 16.1. The van der Waals surface area contributed by atoms with E-state index in [0.717, 1.165) is 11.3 Å². The monoisotopic (exact) mass is 275 g/mol. The highest BCUT2D eigenvalue weighted by Crippen LogP contribution is 2.35. The van der Waals surface area contributed by atoms with Gasteiger partial charge >= 0.3 is 0 Å². The van der Waals surface area contributed by atoms with E-state index >= 15 is 0 Å². The van der Waals surface area contributed by atoms with Crippen LogP contribution in [0.1, 0.15) is 47.9 Å². The summed E-state index contributed by atoms with van der Waals surface area (Å²) in [6.45, 7) is 2.35. The Labute approximate surface area is 116 Å². The maximum absolute atomic E-state index is 11.8. The lowest BCUT2D eigenvalue weighted by atomic mass is 10.1. The van der Waals surface area contributed by atoms with E-state index in [-0.39, 0.29) is 5.56 Å². The Kier molecular flexibility index (Phi) is 3.46. The van der Waals surface area contributed by atoms with Crippen LogP contribution in [0.2, 0.25) is 0 Å². The third-order valence-electron chi connectivity index (χ3n) is 3.59. The lowest BCUT2D eigenvalue weighted by Gasteiger charge is -2.04. The molecule has 5 heteroatoms. The van der Waals surface area contributed by atoms with E-state index in [9.17, 15) is 4.79 Å².